The van der Waals surface area contributed by atoms with Crippen molar-refractivity contribution in [3.63, 3.8) is 0 Å². The molecule has 1 N–H and O–H groups in total. The van der Waals surface area contributed by atoms with Gasteiger partial charge >= 0.3 is 0 Å². The number of amides is 1. The summed E-state index contributed by atoms with van der Waals surface area (Å²) >= 11 is 0. The maximum atomic E-state index is 12.4. The lowest BCUT2D eigenvalue weighted by Crippen LogP contribution is -2.13. The summed E-state index contributed by atoms with van der Waals surface area (Å²) in [6.07, 6.45) is 4.69. The molecule has 0 aliphatic carbocycles. The summed E-state index contributed by atoms with van der Waals surface area (Å²) in [6.45, 7) is 5.80. The number of aryl methyl sites for hydroxylation is 3. The molecule has 0 bridgehead atoms. The molecule has 1 amide bonds. The molecule has 0 aliphatic rings. The van der Waals surface area contributed by atoms with Gasteiger partial charge in [-0.05, 0) is 20.8 Å². The number of carbonyl (C=O) groups excluding carboxylic acids is 1. The average molecular weight is 341 g/mol. The number of ether oxygens (including phenoxy) is 1. The number of anilines is 1. The van der Waals surface area contributed by atoms with Crippen molar-refractivity contribution in [1.82, 2.24) is 29.3 Å². The highest BCUT2D eigenvalue weighted by molar-refractivity contribution is 6.05. The minimum absolute atomic E-state index is 0.262. The number of aromatic nitrogens is 6. The standard InChI is InChI=1S/C16H19N7O2/c1-9-10(2)23(11(3)19-9)16-17-6-12(7-18-16)20-14(24)13-8-22(4)21-15(13)25-5/h6-8H,1-5H3,(H,20,24). The molecular weight excluding hydrogens is 322 g/mol. The molecule has 0 unspecified atom stereocenters. The van der Waals surface area contributed by atoms with E-state index in [1.54, 1.807) is 25.6 Å². The Balaban J connectivity index is 1.82. The predicted molar refractivity (Wildman–Crippen MR) is 91.1 cm³/mol. The van der Waals surface area contributed by atoms with Crippen molar-refractivity contribution in [3.05, 3.63) is 41.4 Å². The first-order valence-corrected chi connectivity index (χ1v) is 7.64. The number of nitrogens with one attached hydrogen (secondary N) is 1. The normalized spacial score (nSPS) is 10.8. The van der Waals surface area contributed by atoms with Gasteiger partial charge in [-0.1, -0.05) is 0 Å². The lowest BCUT2D eigenvalue weighted by Gasteiger charge is -2.08. The molecule has 0 saturated heterocycles. The van der Waals surface area contributed by atoms with Gasteiger partial charge in [0.1, 0.15) is 11.4 Å². The molecule has 3 heterocycles. The highest BCUT2D eigenvalue weighted by Crippen LogP contribution is 2.18. The van der Waals surface area contributed by atoms with Crippen molar-refractivity contribution in [2.24, 2.45) is 7.05 Å². The molecule has 25 heavy (non-hydrogen) atoms. The summed E-state index contributed by atoms with van der Waals surface area (Å²) in [5.74, 6) is 1.24. The third-order valence-corrected chi connectivity index (χ3v) is 3.84. The second kappa shape index (κ2) is 6.34. The Morgan fingerprint density at radius 3 is 2.44 bits per heavy atom. The van der Waals surface area contributed by atoms with Crippen molar-refractivity contribution in [1.29, 1.82) is 0 Å². The van der Waals surface area contributed by atoms with Crippen molar-refractivity contribution in [2.75, 3.05) is 12.4 Å². The molecule has 0 fully saturated rings. The van der Waals surface area contributed by atoms with Crippen LogP contribution in [0, 0.1) is 20.8 Å². The Morgan fingerprint density at radius 2 is 1.88 bits per heavy atom. The van der Waals surface area contributed by atoms with Gasteiger partial charge in [-0.2, -0.15) is 0 Å². The zero-order valence-corrected chi connectivity index (χ0v) is 14.7. The van der Waals surface area contributed by atoms with Crippen molar-refractivity contribution < 1.29 is 9.53 Å². The fraction of sp³-hybridized carbons (Fsp3) is 0.312. The van der Waals surface area contributed by atoms with Crippen LogP contribution in [0.25, 0.3) is 5.95 Å². The average Bonchev–Trinajstić information content (AvgIpc) is 3.08. The molecule has 9 nitrogen and oxygen atoms in total. The van der Waals surface area contributed by atoms with Gasteiger partial charge < -0.3 is 10.1 Å². The highest BCUT2D eigenvalue weighted by atomic mass is 16.5. The van der Waals surface area contributed by atoms with Crippen molar-refractivity contribution in [2.45, 2.75) is 20.8 Å². The van der Waals surface area contributed by atoms with Gasteiger partial charge in [-0.15, -0.1) is 5.10 Å². The maximum Gasteiger partial charge on any atom is 0.262 e. The third kappa shape index (κ3) is 3.08. The van der Waals surface area contributed by atoms with E-state index in [4.69, 9.17) is 4.74 Å². The van der Waals surface area contributed by atoms with Crippen molar-refractivity contribution >= 4 is 11.6 Å². The molecule has 0 atom stereocenters. The summed E-state index contributed by atoms with van der Waals surface area (Å²) in [7, 11) is 3.18. The van der Waals surface area contributed by atoms with Crippen LogP contribution in [0.2, 0.25) is 0 Å². The first kappa shape index (κ1) is 16.6. The van der Waals surface area contributed by atoms with E-state index in [1.165, 1.54) is 11.8 Å². The summed E-state index contributed by atoms with van der Waals surface area (Å²) < 4.78 is 8.48. The van der Waals surface area contributed by atoms with E-state index in [0.29, 0.717) is 17.2 Å². The van der Waals surface area contributed by atoms with Crippen LogP contribution in [0.15, 0.2) is 18.6 Å². The SMILES string of the molecule is COc1nn(C)cc1C(=O)Nc1cnc(-n2c(C)nc(C)c2C)nc1. The topological polar surface area (TPSA) is 99.8 Å². The van der Waals surface area contributed by atoms with E-state index in [1.807, 2.05) is 25.3 Å². The van der Waals surface area contributed by atoms with Gasteiger partial charge in [0.05, 0.1) is 30.9 Å². The van der Waals surface area contributed by atoms with Crippen LogP contribution < -0.4 is 10.1 Å². The summed E-state index contributed by atoms with van der Waals surface area (Å²) in [6, 6.07) is 0. The monoisotopic (exact) mass is 341 g/mol. The molecule has 0 radical (unpaired) electrons. The zero-order valence-electron chi connectivity index (χ0n) is 14.7. The Kier molecular flexibility index (Phi) is 4.22. The fourth-order valence-corrected chi connectivity index (χ4v) is 2.55. The lowest BCUT2D eigenvalue weighted by atomic mass is 10.3. The summed E-state index contributed by atoms with van der Waals surface area (Å²) in [5.41, 5.74) is 2.73. The Bertz CT molecular complexity index is 925. The van der Waals surface area contributed by atoms with Gasteiger partial charge in [0.15, 0.2) is 0 Å². The van der Waals surface area contributed by atoms with Gasteiger partial charge in [0.25, 0.3) is 5.91 Å². The van der Waals surface area contributed by atoms with E-state index in [-0.39, 0.29) is 11.8 Å². The minimum atomic E-state index is -0.341. The molecular formula is C16H19N7O2. The number of imidazole rings is 1. The molecule has 0 saturated carbocycles. The molecule has 0 aromatic carbocycles. The molecule has 3 rings (SSSR count). The van der Waals surface area contributed by atoms with E-state index >= 15 is 0 Å². The van der Waals surface area contributed by atoms with Crippen LogP contribution >= 0.6 is 0 Å². The first-order chi connectivity index (χ1) is 11.9. The number of hydrogen-bond acceptors (Lipinski definition) is 6. The van der Waals surface area contributed by atoms with Crippen LogP contribution in [0.4, 0.5) is 5.69 Å². The lowest BCUT2D eigenvalue weighted by molar-refractivity contribution is 0.102. The molecule has 9 heteroatoms. The van der Waals surface area contributed by atoms with Crippen molar-refractivity contribution in [3.8, 4) is 11.8 Å². The largest absolute Gasteiger partial charge is 0.479 e. The smallest absolute Gasteiger partial charge is 0.262 e. The van der Waals surface area contributed by atoms with Crippen LogP contribution in [-0.4, -0.2) is 42.3 Å². The highest BCUT2D eigenvalue weighted by Gasteiger charge is 2.17. The summed E-state index contributed by atoms with van der Waals surface area (Å²) in [5, 5.41) is 6.80. The van der Waals surface area contributed by atoms with Crippen LogP contribution in [-0.2, 0) is 7.05 Å². The molecule has 3 aromatic rings. The number of rotatable bonds is 4. The van der Waals surface area contributed by atoms with Gasteiger partial charge in [-0.3, -0.25) is 14.0 Å². The van der Waals surface area contributed by atoms with Crippen LogP contribution in [0.3, 0.4) is 0 Å². The Hall–Kier alpha value is -3.23. The van der Waals surface area contributed by atoms with Gasteiger partial charge in [0.2, 0.25) is 11.8 Å². The van der Waals surface area contributed by atoms with E-state index < -0.39 is 0 Å². The van der Waals surface area contributed by atoms with Crippen LogP contribution in [0.1, 0.15) is 27.6 Å². The predicted octanol–water partition coefficient (Wildman–Crippen LogP) is 1.58. The number of nitrogens with zero attached hydrogens (tertiary/aromatic N) is 6. The van der Waals surface area contributed by atoms with Gasteiger partial charge in [0, 0.05) is 18.9 Å². The number of methoxy groups -OCH3 is 1. The van der Waals surface area contributed by atoms with E-state index in [9.17, 15) is 4.79 Å². The maximum absolute atomic E-state index is 12.4. The summed E-state index contributed by atoms with van der Waals surface area (Å²) in [4.78, 5) is 25.4. The second-order valence-corrected chi connectivity index (χ2v) is 5.62. The third-order valence-electron chi connectivity index (χ3n) is 3.84. The van der Waals surface area contributed by atoms with E-state index in [0.717, 1.165) is 17.2 Å². The Morgan fingerprint density at radius 1 is 1.20 bits per heavy atom. The first-order valence-electron chi connectivity index (χ1n) is 7.64. The number of hydrogen-bond donors (Lipinski definition) is 1. The fourth-order valence-electron chi connectivity index (χ4n) is 2.55. The molecule has 0 aliphatic heterocycles. The Labute approximate surface area is 144 Å². The molecule has 0 spiro atoms. The zero-order chi connectivity index (χ0) is 18.1. The molecule has 130 valence electrons. The van der Waals surface area contributed by atoms with Gasteiger partial charge in [-0.25, -0.2) is 15.0 Å². The minimum Gasteiger partial charge on any atom is -0.479 e. The quantitative estimate of drug-likeness (QED) is 0.773. The second-order valence-electron chi connectivity index (χ2n) is 5.62. The molecule has 3 aromatic heterocycles. The number of carbonyl (C=O) groups is 1. The van der Waals surface area contributed by atoms with E-state index in [2.05, 4.69) is 25.4 Å². The van der Waals surface area contributed by atoms with Crippen LogP contribution in [0.5, 0.6) is 5.88 Å².